The molecule has 0 aliphatic carbocycles. The molecule has 2 aliphatic heterocycles. The van der Waals surface area contributed by atoms with Gasteiger partial charge in [-0.1, -0.05) is 25.0 Å². The van der Waals surface area contributed by atoms with Crippen LogP contribution in [0.15, 0.2) is 24.3 Å². The Bertz CT molecular complexity index is 814. The third-order valence-corrected chi connectivity index (χ3v) is 6.41. The van der Waals surface area contributed by atoms with Crippen molar-refractivity contribution in [3.63, 3.8) is 0 Å². The van der Waals surface area contributed by atoms with E-state index in [1.54, 1.807) is 0 Å². The van der Waals surface area contributed by atoms with Gasteiger partial charge in [-0.3, -0.25) is 19.1 Å². The summed E-state index contributed by atoms with van der Waals surface area (Å²) in [4.78, 5) is 25.7. The average molecular weight is 423 g/mol. The van der Waals surface area contributed by atoms with Crippen LogP contribution in [0.3, 0.4) is 0 Å². The molecule has 2 heterocycles. The van der Waals surface area contributed by atoms with E-state index in [4.69, 9.17) is 4.18 Å². The van der Waals surface area contributed by atoms with Gasteiger partial charge in [-0.15, -0.1) is 0 Å². The van der Waals surface area contributed by atoms with E-state index in [0.717, 1.165) is 57.0 Å². The van der Waals surface area contributed by atoms with E-state index >= 15 is 0 Å². The second-order valence-corrected chi connectivity index (χ2v) is 9.69. The maximum absolute atomic E-state index is 12.0. The summed E-state index contributed by atoms with van der Waals surface area (Å²) >= 11 is 0. The summed E-state index contributed by atoms with van der Waals surface area (Å²) in [6, 6.07) is 8.15. The minimum Gasteiger partial charge on any atom is -0.372 e. The molecule has 2 saturated heterocycles. The van der Waals surface area contributed by atoms with E-state index in [0.29, 0.717) is 18.8 Å². The van der Waals surface area contributed by atoms with E-state index in [2.05, 4.69) is 22.3 Å². The minimum absolute atomic E-state index is 0.186. The number of anilines is 1. The molecule has 29 heavy (non-hydrogen) atoms. The van der Waals surface area contributed by atoms with E-state index in [1.807, 2.05) is 12.1 Å². The molecule has 7 nitrogen and oxygen atoms in total. The van der Waals surface area contributed by atoms with Crippen molar-refractivity contribution in [2.45, 2.75) is 50.9 Å². The Morgan fingerprint density at radius 1 is 1.07 bits per heavy atom. The van der Waals surface area contributed by atoms with E-state index in [-0.39, 0.29) is 24.3 Å². The lowest BCUT2D eigenvalue weighted by atomic mass is 9.89. The third-order valence-electron chi connectivity index (χ3n) is 5.82. The Hall–Kier alpha value is -1.93. The Balaban J connectivity index is 1.41. The topological polar surface area (TPSA) is 92.8 Å². The number of hydrogen-bond acceptors (Lipinski definition) is 6. The highest BCUT2D eigenvalue weighted by atomic mass is 32.2. The first-order valence-corrected chi connectivity index (χ1v) is 12.2. The van der Waals surface area contributed by atoms with E-state index in [9.17, 15) is 18.0 Å². The van der Waals surface area contributed by atoms with Crippen LogP contribution in [0, 0.1) is 5.92 Å². The highest BCUT2D eigenvalue weighted by Gasteiger charge is 2.28. The summed E-state index contributed by atoms with van der Waals surface area (Å²) in [6.07, 6.45) is 7.17. The van der Waals surface area contributed by atoms with Gasteiger partial charge in [0.1, 0.15) is 0 Å². The Morgan fingerprint density at radius 3 is 2.38 bits per heavy atom. The lowest BCUT2D eigenvalue weighted by Gasteiger charge is -2.34. The first-order valence-electron chi connectivity index (χ1n) is 10.3. The van der Waals surface area contributed by atoms with Crippen LogP contribution in [0.25, 0.3) is 0 Å². The average Bonchev–Trinajstić information content (AvgIpc) is 2.68. The van der Waals surface area contributed by atoms with Crippen molar-refractivity contribution in [1.82, 2.24) is 5.32 Å². The lowest BCUT2D eigenvalue weighted by molar-refractivity contribution is -0.134. The zero-order valence-corrected chi connectivity index (χ0v) is 17.7. The standard InChI is InChI=1S/C21H30N2O5S/c1-29(26,27)28-15-3-2-4-16-11-13-23(14-12-16)18-7-5-17(6-8-18)19-9-10-20(24)22-21(19)25/h5-8,16,19H,2-4,9-15H2,1H3,(H,22,24,25). The Kier molecular flexibility index (Phi) is 7.29. The molecule has 8 heteroatoms. The Morgan fingerprint density at radius 2 is 1.76 bits per heavy atom. The zero-order chi connectivity index (χ0) is 20.9. The molecule has 1 atom stereocenters. The van der Waals surface area contributed by atoms with Crippen LogP contribution in [-0.4, -0.2) is 46.2 Å². The number of nitrogens with one attached hydrogen (secondary N) is 1. The fourth-order valence-corrected chi connectivity index (χ4v) is 4.57. The molecule has 1 aromatic carbocycles. The van der Waals surface area contributed by atoms with Crippen molar-refractivity contribution < 1.29 is 22.2 Å². The number of imide groups is 1. The van der Waals surface area contributed by atoms with Gasteiger partial charge < -0.3 is 4.90 Å². The van der Waals surface area contributed by atoms with Crippen LogP contribution in [0.5, 0.6) is 0 Å². The number of amides is 2. The molecule has 3 rings (SSSR count). The summed E-state index contributed by atoms with van der Waals surface area (Å²) in [5.74, 6) is 0.0526. The number of nitrogens with zero attached hydrogens (tertiary/aromatic N) is 1. The molecule has 2 aliphatic rings. The molecule has 0 saturated carbocycles. The maximum atomic E-state index is 12.0. The van der Waals surface area contributed by atoms with Crippen molar-refractivity contribution >= 4 is 27.6 Å². The number of carbonyl (C=O) groups excluding carboxylic acids is 2. The predicted octanol–water partition coefficient (Wildman–Crippen LogP) is 2.57. The summed E-state index contributed by atoms with van der Waals surface area (Å²) < 4.78 is 26.7. The second kappa shape index (κ2) is 9.71. The van der Waals surface area contributed by atoms with Gasteiger partial charge in [-0.2, -0.15) is 8.42 Å². The molecule has 160 valence electrons. The molecule has 0 radical (unpaired) electrons. The van der Waals surface area contributed by atoms with Crippen LogP contribution in [0.2, 0.25) is 0 Å². The molecule has 1 N–H and O–H groups in total. The van der Waals surface area contributed by atoms with Crippen molar-refractivity contribution in [3.8, 4) is 0 Å². The summed E-state index contributed by atoms with van der Waals surface area (Å²) in [7, 11) is -3.33. The van der Waals surface area contributed by atoms with Gasteiger partial charge in [-0.25, -0.2) is 0 Å². The van der Waals surface area contributed by atoms with E-state index < -0.39 is 10.1 Å². The predicted molar refractivity (Wildman–Crippen MR) is 111 cm³/mol. The quantitative estimate of drug-likeness (QED) is 0.393. The molecule has 2 fully saturated rings. The summed E-state index contributed by atoms with van der Waals surface area (Å²) in [6.45, 7) is 2.28. The summed E-state index contributed by atoms with van der Waals surface area (Å²) in [5.41, 5.74) is 2.13. The monoisotopic (exact) mass is 422 g/mol. The number of benzene rings is 1. The summed E-state index contributed by atoms with van der Waals surface area (Å²) in [5, 5.41) is 2.42. The van der Waals surface area contributed by atoms with Crippen LogP contribution in [0.1, 0.15) is 56.4 Å². The number of piperidine rings is 2. The molecule has 0 spiro atoms. The highest BCUT2D eigenvalue weighted by molar-refractivity contribution is 7.85. The smallest absolute Gasteiger partial charge is 0.264 e. The van der Waals surface area contributed by atoms with Crippen LogP contribution < -0.4 is 10.2 Å². The van der Waals surface area contributed by atoms with Crippen LogP contribution >= 0.6 is 0 Å². The highest BCUT2D eigenvalue weighted by Crippen LogP contribution is 2.29. The number of unbranched alkanes of at least 4 members (excludes halogenated alkanes) is 1. The van der Waals surface area contributed by atoms with Gasteiger partial charge >= 0.3 is 0 Å². The van der Waals surface area contributed by atoms with Gasteiger partial charge in [0.05, 0.1) is 18.8 Å². The lowest BCUT2D eigenvalue weighted by Crippen LogP contribution is -2.39. The van der Waals surface area contributed by atoms with E-state index in [1.165, 1.54) is 5.69 Å². The second-order valence-electron chi connectivity index (χ2n) is 8.05. The Labute approximate surface area is 172 Å². The minimum atomic E-state index is -3.33. The normalized spacial score (nSPS) is 21.3. The molecule has 0 aromatic heterocycles. The maximum Gasteiger partial charge on any atom is 0.264 e. The van der Waals surface area contributed by atoms with Crippen molar-refractivity contribution in [3.05, 3.63) is 29.8 Å². The van der Waals surface area contributed by atoms with Crippen molar-refractivity contribution in [1.29, 1.82) is 0 Å². The fraction of sp³-hybridized carbons (Fsp3) is 0.619. The van der Waals surface area contributed by atoms with Gasteiger partial charge in [0.15, 0.2) is 0 Å². The zero-order valence-electron chi connectivity index (χ0n) is 16.9. The molecule has 1 unspecified atom stereocenters. The van der Waals surface area contributed by atoms with Gasteiger partial charge in [0.25, 0.3) is 10.1 Å². The van der Waals surface area contributed by atoms with Crippen molar-refractivity contribution in [2.24, 2.45) is 5.92 Å². The third kappa shape index (κ3) is 6.54. The SMILES string of the molecule is CS(=O)(=O)OCCCCC1CCN(c2ccc(C3CCC(=O)NC3=O)cc2)CC1. The van der Waals surface area contributed by atoms with Crippen molar-refractivity contribution in [2.75, 3.05) is 30.9 Å². The van der Waals surface area contributed by atoms with Crippen LogP contribution in [0.4, 0.5) is 5.69 Å². The van der Waals surface area contributed by atoms with Crippen LogP contribution in [-0.2, 0) is 23.9 Å². The van der Waals surface area contributed by atoms with Gasteiger partial charge in [0, 0.05) is 25.2 Å². The largest absolute Gasteiger partial charge is 0.372 e. The molecule has 2 amide bonds. The van der Waals surface area contributed by atoms with Gasteiger partial charge in [-0.05, 0) is 49.3 Å². The molecule has 0 bridgehead atoms. The molecular formula is C21H30N2O5S. The fourth-order valence-electron chi connectivity index (χ4n) is 4.15. The first-order chi connectivity index (χ1) is 13.8. The number of hydrogen-bond donors (Lipinski definition) is 1. The molecular weight excluding hydrogens is 392 g/mol. The first kappa shape index (κ1) is 21.8. The number of carbonyl (C=O) groups is 2. The number of rotatable bonds is 8. The van der Waals surface area contributed by atoms with Gasteiger partial charge in [0.2, 0.25) is 11.8 Å². The molecule has 1 aromatic rings.